The molecule has 18 heavy (non-hydrogen) atoms. The second-order valence-electron chi connectivity index (χ2n) is 4.38. The molecule has 1 aromatic carbocycles. The molecule has 3 nitrogen and oxygen atoms in total. The normalized spacial score (nSPS) is 10.9. The fourth-order valence-corrected chi connectivity index (χ4v) is 1.94. The number of hydrogen-bond donors (Lipinski definition) is 1. The lowest BCUT2D eigenvalue weighted by atomic mass is 10.0. The predicted octanol–water partition coefficient (Wildman–Crippen LogP) is 4.42. The van der Waals surface area contributed by atoms with Crippen LogP contribution in [0.25, 0.3) is 11.3 Å². The van der Waals surface area contributed by atoms with Crippen LogP contribution in [0.4, 0.5) is 0 Å². The Balaban J connectivity index is 2.45. The largest absolute Gasteiger partial charge is 0.478 e. The number of halogens is 1. The van der Waals surface area contributed by atoms with Crippen molar-refractivity contribution < 1.29 is 14.3 Å². The van der Waals surface area contributed by atoms with E-state index in [0.29, 0.717) is 17.2 Å². The third-order valence-electron chi connectivity index (χ3n) is 2.77. The monoisotopic (exact) mass is 264 g/mol. The van der Waals surface area contributed by atoms with Crippen molar-refractivity contribution in [3.05, 3.63) is 46.7 Å². The van der Waals surface area contributed by atoms with E-state index in [1.54, 1.807) is 0 Å². The summed E-state index contributed by atoms with van der Waals surface area (Å²) in [5.41, 5.74) is 1.98. The highest BCUT2D eigenvalue weighted by Crippen LogP contribution is 2.30. The van der Waals surface area contributed by atoms with E-state index >= 15 is 0 Å². The van der Waals surface area contributed by atoms with Crippen LogP contribution in [-0.4, -0.2) is 11.1 Å². The zero-order valence-electron chi connectivity index (χ0n) is 10.1. The molecule has 2 rings (SSSR count). The van der Waals surface area contributed by atoms with Crippen molar-refractivity contribution in [1.29, 1.82) is 0 Å². The summed E-state index contributed by atoms with van der Waals surface area (Å²) in [5, 5.41) is 9.14. The summed E-state index contributed by atoms with van der Waals surface area (Å²) >= 11 is 5.71. The van der Waals surface area contributed by atoms with Gasteiger partial charge in [0.2, 0.25) is 0 Å². The van der Waals surface area contributed by atoms with E-state index in [2.05, 4.69) is 13.8 Å². The molecule has 0 aliphatic carbocycles. The van der Waals surface area contributed by atoms with Gasteiger partial charge >= 0.3 is 5.97 Å². The average Bonchev–Trinajstić information content (AvgIpc) is 2.71. The van der Waals surface area contributed by atoms with Crippen LogP contribution in [0.3, 0.4) is 0 Å². The quantitative estimate of drug-likeness (QED) is 0.893. The van der Waals surface area contributed by atoms with Crippen molar-refractivity contribution in [3.63, 3.8) is 0 Å². The maximum absolute atomic E-state index is 11.1. The highest BCUT2D eigenvalue weighted by atomic mass is 35.5. The van der Waals surface area contributed by atoms with Crippen LogP contribution in [0, 0.1) is 0 Å². The van der Waals surface area contributed by atoms with Gasteiger partial charge in [0.05, 0.1) is 0 Å². The first kappa shape index (κ1) is 12.7. The Labute approximate surface area is 110 Å². The molecule has 0 saturated heterocycles. The molecule has 0 bridgehead atoms. The van der Waals surface area contributed by atoms with Crippen molar-refractivity contribution in [1.82, 2.24) is 0 Å². The summed E-state index contributed by atoms with van der Waals surface area (Å²) in [6.07, 6.45) is 0. The molecule has 2 aromatic rings. The minimum absolute atomic E-state index is 0.0790. The van der Waals surface area contributed by atoms with E-state index in [1.807, 2.05) is 24.3 Å². The van der Waals surface area contributed by atoms with Crippen LogP contribution in [-0.2, 0) is 0 Å². The first-order valence-electron chi connectivity index (χ1n) is 5.62. The number of carboxylic acid groups (broad SMARTS) is 1. The van der Waals surface area contributed by atoms with Crippen molar-refractivity contribution in [3.8, 4) is 11.3 Å². The van der Waals surface area contributed by atoms with Gasteiger partial charge in [-0.3, -0.25) is 0 Å². The predicted molar refractivity (Wildman–Crippen MR) is 70.2 cm³/mol. The number of furan rings is 1. The molecule has 0 amide bonds. The van der Waals surface area contributed by atoms with Crippen LogP contribution in [0.15, 0.2) is 34.7 Å². The van der Waals surface area contributed by atoms with Gasteiger partial charge in [0, 0.05) is 11.6 Å². The van der Waals surface area contributed by atoms with Crippen molar-refractivity contribution in [2.75, 3.05) is 0 Å². The fourth-order valence-electron chi connectivity index (χ4n) is 1.75. The third-order valence-corrected chi connectivity index (χ3v) is 2.96. The van der Waals surface area contributed by atoms with Gasteiger partial charge in [0.1, 0.15) is 5.56 Å². The topological polar surface area (TPSA) is 50.4 Å². The molecule has 0 spiro atoms. The van der Waals surface area contributed by atoms with Crippen LogP contribution in [0.2, 0.25) is 5.22 Å². The van der Waals surface area contributed by atoms with Crippen LogP contribution >= 0.6 is 11.6 Å². The molecule has 1 N–H and O–H groups in total. The fraction of sp³-hybridized carbons (Fsp3) is 0.214. The SMILES string of the molecule is CC(C)c1ccc(-c2oc(Cl)cc2C(=O)O)cc1. The van der Waals surface area contributed by atoms with Crippen LogP contribution < -0.4 is 0 Å². The molecular weight excluding hydrogens is 252 g/mol. The Morgan fingerprint density at radius 2 is 1.89 bits per heavy atom. The van der Waals surface area contributed by atoms with E-state index in [9.17, 15) is 4.79 Å². The van der Waals surface area contributed by atoms with E-state index < -0.39 is 5.97 Å². The van der Waals surface area contributed by atoms with E-state index in [1.165, 1.54) is 11.6 Å². The van der Waals surface area contributed by atoms with Gasteiger partial charge in [-0.2, -0.15) is 0 Å². The molecule has 0 unspecified atom stereocenters. The lowest BCUT2D eigenvalue weighted by Crippen LogP contribution is -1.96. The summed E-state index contributed by atoms with van der Waals surface area (Å²) in [5.74, 6) is -0.324. The Kier molecular flexibility index (Phi) is 3.43. The van der Waals surface area contributed by atoms with Crippen molar-refractivity contribution in [2.45, 2.75) is 19.8 Å². The number of hydrogen-bond acceptors (Lipinski definition) is 2. The lowest BCUT2D eigenvalue weighted by Gasteiger charge is -2.06. The van der Waals surface area contributed by atoms with E-state index in [4.69, 9.17) is 21.1 Å². The van der Waals surface area contributed by atoms with Gasteiger partial charge in [-0.1, -0.05) is 38.1 Å². The van der Waals surface area contributed by atoms with Gasteiger partial charge in [-0.15, -0.1) is 0 Å². The van der Waals surface area contributed by atoms with Gasteiger partial charge in [-0.05, 0) is 23.1 Å². The standard InChI is InChI=1S/C14H13ClO3/c1-8(2)9-3-5-10(6-4-9)13-11(14(16)17)7-12(15)18-13/h3-8H,1-2H3,(H,16,17). The molecule has 1 aromatic heterocycles. The number of carbonyl (C=O) groups is 1. The summed E-state index contributed by atoms with van der Waals surface area (Å²) < 4.78 is 5.25. The average molecular weight is 265 g/mol. The summed E-state index contributed by atoms with van der Waals surface area (Å²) in [6.45, 7) is 4.20. The smallest absolute Gasteiger partial charge is 0.339 e. The molecule has 1 heterocycles. The molecule has 0 atom stereocenters. The van der Waals surface area contributed by atoms with Gasteiger partial charge in [0.25, 0.3) is 0 Å². The highest BCUT2D eigenvalue weighted by Gasteiger charge is 2.18. The Morgan fingerprint density at radius 1 is 1.28 bits per heavy atom. The molecule has 0 radical (unpaired) electrons. The number of rotatable bonds is 3. The number of carboxylic acids is 1. The first-order chi connectivity index (χ1) is 8.49. The maximum Gasteiger partial charge on any atom is 0.339 e. The van der Waals surface area contributed by atoms with Crippen LogP contribution in [0.5, 0.6) is 0 Å². The Morgan fingerprint density at radius 3 is 2.39 bits per heavy atom. The number of benzene rings is 1. The first-order valence-corrected chi connectivity index (χ1v) is 6.00. The number of aromatic carboxylic acids is 1. The summed E-state index contributed by atoms with van der Waals surface area (Å²) in [7, 11) is 0. The van der Waals surface area contributed by atoms with Crippen molar-refractivity contribution >= 4 is 17.6 Å². The van der Waals surface area contributed by atoms with Crippen LogP contribution in [0.1, 0.15) is 35.7 Å². The maximum atomic E-state index is 11.1. The third kappa shape index (κ3) is 2.41. The highest BCUT2D eigenvalue weighted by molar-refractivity contribution is 6.29. The van der Waals surface area contributed by atoms with E-state index in [0.717, 1.165) is 0 Å². The zero-order chi connectivity index (χ0) is 13.3. The second kappa shape index (κ2) is 4.86. The molecule has 0 aliphatic heterocycles. The molecule has 0 saturated carbocycles. The summed E-state index contributed by atoms with van der Waals surface area (Å²) in [4.78, 5) is 11.1. The van der Waals surface area contributed by atoms with Gasteiger partial charge in [0.15, 0.2) is 11.0 Å². The molecule has 0 fully saturated rings. The molecule has 4 heteroatoms. The van der Waals surface area contributed by atoms with Crippen molar-refractivity contribution in [2.24, 2.45) is 0 Å². The van der Waals surface area contributed by atoms with Gasteiger partial charge in [-0.25, -0.2) is 4.79 Å². The minimum atomic E-state index is -1.05. The Hall–Kier alpha value is -1.74. The lowest BCUT2D eigenvalue weighted by molar-refractivity contribution is 0.0697. The molecule has 0 aliphatic rings. The molecular formula is C14H13ClO3. The second-order valence-corrected chi connectivity index (χ2v) is 4.75. The van der Waals surface area contributed by atoms with E-state index in [-0.39, 0.29) is 10.8 Å². The Bertz CT molecular complexity index is 567. The summed E-state index contributed by atoms with van der Waals surface area (Å²) in [6, 6.07) is 8.92. The minimum Gasteiger partial charge on any atom is -0.478 e. The zero-order valence-corrected chi connectivity index (χ0v) is 10.9. The van der Waals surface area contributed by atoms with Gasteiger partial charge < -0.3 is 9.52 Å². The molecule has 94 valence electrons.